The Hall–Kier alpha value is 0.0169. The summed E-state index contributed by atoms with van der Waals surface area (Å²) in [6.45, 7) is 2.74. The van der Waals surface area contributed by atoms with Gasteiger partial charge in [-0.1, -0.05) is 25.7 Å². The highest BCUT2D eigenvalue weighted by molar-refractivity contribution is 6.60. The molecule has 0 rings (SSSR count). The predicted molar refractivity (Wildman–Crippen MR) is 81.2 cm³/mol. The van der Waals surface area contributed by atoms with Crippen molar-refractivity contribution in [1.82, 2.24) is 5.32 Å². The molecule has 0 bridgehead atoms. The number of rotatable bonds is 14. The van der Waals surface area contributed by atoms with Crippen LogP contribution >= 0.6 is 0 Å². The first-order valence-electron chi connectivity index (χ1n) is 7.31. The van der Waals surface area contributed by atoms with E-state index in [0.717, 1.165) is 32.1 Å². The SMILES string of the molecule is CO[Si](CCCCCCCCNCCN)(OC)OC. The Morgan fingerprint density at radius 1 is 0.789 bits per heavy atom. The minimum Gasteiger partial charge on any atom is -0.377 e. The third kappa shape index (κ3) is 9.54. The van der Waals surface area contributed by atoms with Crippen molar-refractivity contribution in [2.45, 2.75) is 44.6 Å². The Bertz CT molecular complexity index is 184. The summed E-state index contributed by atoms with van der Waals surface area (Å²) in [6, 6.07) is 0.911. The summed E-state index contributed by atoms with van der Waals surface area (Å²) >= 11 is 0. The van der Waals surface area contributed by atoms with Crippen LogP contribution in [0.1, 0.15) is 38.5 Å². The first-order chi connectivity index (χ1) is 9.24. The average Bonchev–Trinajstić information content (AvgIpc) is 2.46. The maximum atomic E-state index is 5.40. The Morgan fingerprint density at radius 3 is 1.84 bits per heavy atom. The lowest BCUT2D eigenvalue weighted by molar-refractivity contribution is 0.122. The molecule has 0 heterocycles. The van der Waals surface area contributed by atoms with Crippen molar-refractivity contribution in [1.29, 1.82) is 0 Å². The lowest BCUT2D eigenvalue weighted by atomic mass is 10.1. The van der Waals surface area contributed by atoms with Gasteiger partial charge in [0.1, 0.15) is 0 Å². The van der Waals surface area contributed by atoms with Crippen LogP contribution in [0.3, 0.4) is 0 Å². The molecule has 0 aromatic rings. The lowest BCUT2D eigenvalue weighted by Gasteiger charge is -2.24. The van der Waals surface area contributed by atoms with Crippen LogP contribution in [0.5, 0.6) is 0 Å². The van der Waals surface area contributed by atoms with Crippen LogP contribution in [0.4, 0.5) is 0 Å². The van der Waals surface area contributed by atoms with Crippen LogP contribution < -0.4 is 11.1 Å². The topological polar surface area (TPSA) is 65.7 Å². The smallest absolute Gasteiger partial charge is 0.377 e. The molecule has 0 saturated heterocycles. The van der Waals surface area contributed by atoms with Gasteiger partial charge in [0.25, 0.3) is 0 Å². The Kier molecular flexibility index (Phi) is 13.0. The molecule has 0 spiro atoms. The lowest BCUT2D eigenvalue weighted by Crippen LogP contribution is -2.42. The molecule has 0 saturated carbocycles. The zero-order valence-corrected chi connectivity index (χ0v) is 13.9. The Labute approximate surface area is 119 Å². The maximum Gasteiger partial charge on any atom is 0.500 e. The van der Waals surface area contributed by atoms with Crippen molar-refractivity contribution in [2.24, 2.45) is 5.73 Å². The van der Waals surface area contributed by atoms with Crippen molar-refractivity contribution >= 4 is 8.80 Å². The van der Waals surface area contributed by atoms with E-state index in [1.54, 1.807) is 21.3 Å². The van der Waals surface area contributed by atoms with Gasteiger partial charge in [-0.3, -0.25) is 0 Å². The number of nitrogens with one attached hydrogen (secondary N) is 1. The highest BCUT2D eigenvalue weighted by Crippen LogP contribution is 2.18. The van der Waals surface area contributed by atoms with E-state index in [1.807, 2.05) is 0 Å². The van der Waals surface area contributed by atoms with E-state index in [0.29, 0.717) is 0 Å². The van der Waals surface area contributed by atoms with Crippen molar-refractivity contribution in [2.75, 3.05) is 41.0 Å². The molecule has 0 aromatic carbocycles. The first-order valence-corrected chi connectivity index (χ1v) is 9.24. The molecular formula is C13H32N2O3Si. The molecule has 0 radical (unpaired) electrons. The monoisotopic (exact) mass is 292 g/mol. The molecule has 116 valence electrons. The highest BCUT2D eigenvalue weighted by Gasteiger charge is 2.36. The second-order valence-corrected chi connectivity index (χ2v) is 7.80. The van der Waals surface area contributed by atoms with Gasteiger partial charge in [0.2, 0.25) is 0 Å². The molecule has 5 nitrogen and oxygen atoms in total. The fourth-order valence-electron chi connectivity index (χ4n) is 2.08. The zero-order chi connectivity index (χ0) is 14.4. The van der Waals surface area contributed by atoms with Crippen molar-refractivity contribution in [3.05, 3.63) is 0 Å². The summed E-state index contributed by atoms with van der Waals surface area (Å²) in [5.41, 5.74) is 5.40. The molecule has 0 amide bonds. The minimum absolute atomic E-state index is 0.726. The summed E-state index contributed by atoms with van der Waals surface area (Å²) in [4.78, 5) is 0. The molecule has 0 aliphatic rings. The maximum absolute atomic E-state index is 5.40. The molecule has 0 unspecified atom stereocenters. The van der Waals surface area contributed by atoms with E-state index in [2.05, 4.69) is 5.32 Å². The third-order valence-electron chi connectivity index (χ3n) is 3.34. The molecule has 0 aromatic heterocycles. The molecule has 0 aliphatic heterocycles. The van der Waals surface area contributed by atoms with Gasteiger partial charge in [0.05, 0.1) is 0 Å². The number of hydrogen-bond donors (Lipinski definition) is 2. The quantitative estimate of drug-likeness (QED) is 0.377. The normalized spacial score (nSPS) is 12.0. The standard InChI is InChI=1S/C13H32N2O3Si/c1-16-19(17-2,18-3)13-9-7-5-4-6-8-11-15-12-10-14/h15H,4-14H2,1-3H3. The molecular weight excluding hydrogens is 260 g/mol. The van der Waals surface area contributed by atoms with Crippen LogP contribution in [0.15, 0.2) is 0 Å². The van der Waals surface area contributed by atoms with E-state index in [1.165, 1.54) is 32.1 Å². The van der Waals surface area contributed by atoms with Crippen molar-refractivity contribution < 1.29 is 13.3 Å². The van der Waals surface area contributed by atoms with Crippen LogP contribution in [0, 0.1) is 0 Å². The second kappa shape index (κ2) is 13.0. The highest BCUT2D eigenvalue weighted by atomic mass is 28.4. The van der Waals surface area contributed by atoms with Gasteiger partial charge in [-0.15, -0.1) is 0 Å². The predicted octanol–water partition coefficient (Wildman–Crippen LogP) is 1.75. The average molecular weight is 292 g/mol. The second-order valence-electron chi connectivity index (χ2n) is 4.71. The summed E-state index contributed by atoms with van der Waals surface area (Å²) < 4.78 is 16.2. The molecule has 0 atom stereocenters. The van der Waals surface area contributed by atoms with E-state index in [9.17, 15) is 0 Å². The van der Waals surface area contributed by atoms with Gasteiger partial charge >= 0.3 is 8.80 Å². The summed E-state index contributed by atoms with van der Waals surface area (Å²) in [5.74, 6) is 0. The van der Waals surface area contributed by atoms with Crippen LogP contribution in [0.25, 0.3) is 0 Å². The molecule has 6 heteroatoms. The van der Waals surface area contributed by atoms with Crippen molar-refractivity contribution in [3.8, 4) is 0 Å². The van der Waals surface area contributed by atoms with E-state index in [4.69, 9.17) is 19.0 Å². The van der Waals surface area contributed by atoms with Crippen LogP contribution in [-0.4, -0.2) is 49.8 Å². The zero-order valence-electron chi connectivity index (χ0n) is 12.9. The van der Waals surface area contributed by atoms with Gasteiger partial charge in [0, 0.05) is 40.5 Å². The molecule has 0 aliphatic carbocycles. The number of unbranched alkanes of at least 4 members (excludes halogenated alkanes) is 5. The number of hydrogen-bond acceptors (Lipinski definition) is 5. The van der Waals surface area contributed by atoms with Gasteiger partial charge in [-0.25, -0.2) is 0 Å². The summed E-state index contributed by atoms with van der Waals surface area (Å²) in [5, 5.41) is 3.31. The molecule has 0 fully saturated rings. The first kappa shape index (κ1) is 19.0. The van der Waals surface area contributed by atoms with E-state index >= 15 is 0 Å². The fraction of sp³-hybridized carbons (Fsp3) is 1.00. The van der Waals surface area contributed by atoms with Gasteiger partial charge in [-0.05, 0) is 19.4 Å². The van der Waals surface area contributed by atoms with Crippen LogP contribution in [-0.2, 0) is 13.3 Å². The van der Waals surface area contributed by atoms with E-state index in [-0.39, 0.29) is 0 Å². The van der Waals surface area contributed by atoms with Gasteiger partial charge in [-0.2, -0.15) is 0 Å². The fourth-order valence-corrected chi connectivity index (χ4v) is 3.88. The Balaban J connectivity index is 3.35. The largest absolute Gasteiger partial charge is 0.500 e. The summed E-state index contributed by atoms with van der Waals surface area (Å²) in [7, 11) is 2.69. The van der Waals surface area contributed by atoms with Gasteiger partial charge in [0.15, 0.2) is 0 Å². The van der Waals surface area contributed by atoms with Crippen molar-refractivity contribution in [3.63, 3.8) is 0 Å². The number of nitrogens with two attached hydrogens (primary N) is 1. The Morgan fingerprint density at radius 2 is 1.32 bits per heavy atom. The molecule has 3 N–H and O–H groups in total. The minimum atomic E-state index is -2.33. The van der Waals surface area contributed by atoms with Gasteiger partial charge < -0.3 is 24.3 Å². The van der Waals surface area contributed by atoms with Crippen LogP contribution in [0.2, 0.25) is 6.04 Å². The third-order valence-corrected chi connectivity index (χ3v) is 6.17. The summed E-state index contributed by atoms with van der Waals surface area (Å²) in [6.07, 6.45) is 7.45. The molecule has 19 heavy (non-hydrogen) atoms. The van der Waals surface area contributed by atoms with E-state index < -0.39 is 8.80 Å².